The summed E-state index contributed by atoms with van der Waals surface area (Å²) in [6, 6.07) is 28.7. The Morgan fingerprint density at radius 1 is 0.722 bits per heavy atom. The molecule has 476 valence electrons. The number of pyridine rings is 1. The molecule has 6 aromatic carbocycles. The van der Waals surface area contributed by atoms with E-state index in [1.54, 1.807) is 49.5 Å². The largest absolute Gasteiger partial charge is 0.506 e. The molecule has 9 rings (SSSR count). The van der Waals surface area contributed by atoms with Crippen LogP contribution in [-0.4, -0.2) is 124 Å². The number of ether oxygens (including phenoxy) is 3. The van der Waals surface area contributed by atoms with Crippen molar-refractivity contribution >= 4 is 87.3 Å². The van der Waals surface area contributed by atoms with Crippen LogP contribution in [0.2, 0.25) is 0 Å². The molecular weight excluding hydrogens is 1180 g/mol. The van der Waals surface area contributed by atoms with Gasteiger partial charge in [-0.2, -0.15) is 21.4 Å². The fraction of sp³-hybridized carbons (Fsp3) is 0.371. The maximum absolute atomic E-state index is 14.1. The smallest absolute Gasteiger partial charge is 0.295 e. The summed E-state index contributed by atoms with van der Waals surface area (Å²) in [5.41, 5.74) is 7.19. The fourth-order valence-corrected chi connectivity index (χ4v) is 14.3. The molecule has 4 N–H and O–H groups in total. The summed E-state index contributed by atoms with van der Waals surface area (Å²) in [6.07, 6.45) is 13.2. The van der Waals surface area contributed by atoms with Gasteiger partial charge in [0.25, 0.3) is 31.7 Å². The van der Waals surface area contributed by atoms with E-state index in [1.165, 1.54) is 21.6 Å². The normalized spacial score (nSPS) is 15.1. The minimum Gasteiger partial charge on any atom is -0.506 e. The highest BCUT2D eigenvalue weighted by atomic mass is 32.2. The average Bonchev–Trinajstić information content (AvgIpc) is 1.53. The van der Waals surface area contributed by atoms with Gasteiger partial charge in [-0.3, -0.25) is 23.5 Å². The molecule has 0 atom stereocenters. The quantitative estimate of drug-likeness (QED) is 0.0162. The lowest BCUT2D eigenvalue weighted by Gasteiger charge is -2.26. The van der Waals surface area contributed by atoms with Gasteiger partial charge in [0, 0.05) is 90.5 Å². The third-order valence-electron chi connectivity index (χ3n) is 17.3. The SMILES string of the molecule is CCc1cccc2c1c(O)c(C(=O)N(CCOCCOCCOCCNC(=O)CCCCC[N+]1=C(C=CC=CC=C3N(CC)c4ccc5c(S(=O)(=O)O)cc(C)cc5c4C3(C)C)C(C)(C)c3c1ccc1c(C)cc(S(=O)(=O)O)cc31)c1ccccc1)c(=O)n2C. The molecule has 18 nitrogen and oxygen atoms in total. The fourth-order valence-electron chi connectivity index (χ4n) is 13.0. The van der Waals surface area contributed by atoms with Gasteiger partial charge in [0.1, 0.15) is 22.8 Å². The molecule has 0 bridgehead atoms. The van der Waals surface area contributed by atoms with Gasteiger partial charge in [-0.05, 0) is 147 Å². The number of nitrogens with one attached hydrogen (secondary N) is 1. The Hall–Kier alpha value is -7.82. The van der Waals surface area contributed by atoms with Crippen molar-refractivity contribution in [2.45, 2.75) is 108 Å². The maximum atomic E-state index is 14.1. The van der Waals surface area contributed by atoms with E-state index in [0.717, 1.165) is 79.6 Å². The van der Waals surface area contributed by atoms with Gasteiger partial charge in [0.15, 0.2) is 5.71 Å². The number of allylic oxidation sites excluding steroid dienone is 6. The van der Waals surface area contributed by atoms with E-state index in [0.29, 0.717) is 80.7 Å². The van der Waals surface area contributed by atoms with Gasteiger partial charge in [0.2, 0.25) is 11.6 Å². The third kappa shape index (κ3) is 13.8. The molecule has 2 aliphatic heterocycles. The highest BCUT2D eigenvalue weighted by Crippen LogP contribution is 2.52. The Kier molecular flexibility index (Phi) is 20.5. The Morgan fingerprint density at radius 3 is 2.10 bits per heavy atom. The average molecular weight is 1270 g/mol. The summed E-state index contributed by atoms with van der Waals surface area (Å²) >= 11 is 0. The molecule has 1 aromatic heterocycles. The molecule has 3 heterocycles. The first-order valence-corrected chi connectivity index (χ1v) is 33.5. The first-order valence-electron chi connectivity index (χ1n) is 30.6. The maximum Gasteiger partial charge on any atom is 0.295 e. The number of rotatable bonds is 27. The summed E-state index contributed by atoms with van der Waals surface area (Å²) in [5.74, 6) is -1.04. The summed E-state index contributed by atoms with van der Waals surface area (Å²) in [7, 11) is -7.38. The molecule has 0 saturated carbocycles. The zero-order chi connectivity index (χ0) is 64.9. The number of amides is 2. The van der Waals surface area contributed by atoms with E-state index in [4.69, 9.17) is 14.2 Å². The number of hydrogen-bond acceptors (Lipinski definition) is 12. The van der Waals surface area contributed by atoms with E-state index >= 15 is 0 Å². The molecule has 2 amide bonds. The number of para-hydroxylation sites is 1. The van der Waals surface area contributed by atoms with Crippen LogP contribution in [-0.2, 0) is 63.5 Å². The number of carbonyl (C=O) groups is 2. The summed E-state index contributed by atoms with van der Waals surface area (Å²) in [6.45, 7) is 19.5. The standard InChI is InChI=1S/C70H81N5O13S2/c1-10-48-22-21-25-55-62(48)66(77)63(67(78)72(55)9)68(79)74(49-23-15-12-16-24-49)35-37-87-39-41-88-40-38-86-36-33-71-61(76)28-19-14-20-34-75-57-31-29-51-47(4)44-50(89(80,81)82)45-54(51)65(57)70(7,8)60(75)27-18-13-17-26-59-69(5,6)64-53-42-46(3)43-58(90(83,84)85)52(53)30-32-56(64)73(59)11-2/h12-13,15-18,21-27,29-32,42-45H,10-11,14,19-20,28,33-41H2,1-9H3,(H3-,71,76,77,78,79,80,81,82,83,84,85)/p+1. The van der Waals surface area contributed by atoms with Crippen LogP contribution >= 0.6 is 0 Å². The van der Waals surface area contributed by atoms with E-state index < -0.39 is 42.5 Å². The highest BCUT2D eigenvalue weighted by molar-refractivity contribution is 7.86. The number of unbranched alkanes of at least 4 members (excludes halogenated alkanes) is 2. The van der Waals surface area contributed by atoms with Crippen molar-refractivity contribution in [1.29, 1.82) is 0 Å². The molecule has 0 spiro atoms. The first-order chi connectivity index (χ1) is 42.8. The van der Waals surface area contributed by atoms with Crippen LogP contribution < -0.4 is 20.7 Å². The topological polar surface area (TPSA) is 234 Å². The van der Waals surface area contributed by atoms with Crippen molar-refractivity contribution in [3.63, 3.8) is 0 Å². The number of anilines is 2. The molecule has 90 heavy (non-hydrogen) atoms. The zero-order valence-corrected chi connectivity index (χ0v) is 54.4. The Bertz CT molecular complexity index is 4340. The van der Waals surface area contributed by atoms with Gasteiger partial charge in [-0.1, -0.05) is 81.5 Å². The van der Waals surface area contributed by atoms with Crippen LogP contribution in [0.1, 0.15) is 105 Å². The number of aromatic nitrogens is 1. The second-order valence-electron chi connectivity index (χ2n) is 23.9. The highest BCUT2D eigenvalue weighted by Gasteiger charge is 2.46. The molecule has 2 aliphatic rings. The number of aryl methyl sites for hydroxylation is 4. The molecule has 0 radical (unpaired) electrons. The number of fused-ring (bicyclic) bond motifs is 7. The van der Waals surface area contributed by atoms with Gasteiger partial charge in [-0.25, -0.2) is 0 Å². The number of nitrogens with zero attached hydrogens (tertiary/aromatic N) is 4. The first kappa shape index (κ1) is 66.6. The van der Waals surface area contributed by atoms with E-state index in [9.17, 15) is 45.4 Å². The molecule has 0 unspecified atom stereocenters. The Balaban J connectivity index is 0.760. The van der Waals surface area contributed by atoms with E-state index in [2.05, 4.69) is 67.6 Å². The Morgan fingerprint density at radius 2 is 1.41 bits per heavy atom. The zero-order valence-electron chi connectivity index (χ0n) is 52.8. The van der Waals surface area contributed by atoms with Crippen LogP contribution in [0.3, 0.4) is 0 Å². The number of benzene rings is 6. The minimum absolute atomic E-state index is 0.0792. The second kappa shape index (κ2) is 27.7. The van der Waals surface area contributed by atoms with Crippen LogP contribution in [0.15, 0.2) is 148 Å². The molecule has 0 fully saturated rings. The monoisotopic (exact) mass is 1260 g/mol. The molecule has 20 heteroatoms. The predicted octanol–water partition coefficient (Wildman–Crippen LogP) is 11.5. The Labute approximate surface area is 527 Å². The van der Waals surface area contributed by atoms with Crippen molar-refractivity contribution in [2.75, 3.05) is 75.6 Å². The third-order valence-corrected chi connectivity index (χ3v) is 19.0. The molecule has 7 aromatic rings. The van der Waals surface area contributed by atoms with Crippen molar-refractivity contribution in [3.8, 4) is 5.75 Å². The summed E-state index contributed by atoms with van der Waals surface area (Å²) in [5, 5.41) is 17.7. The van der Waals surface area contributed by atoms with E-state index in [-0.39, 0.29) is 53.4 Å². The van der Waals surface area contributed by atoms with Gasteiger partial charge in [-0.15, -0.1) is 0 Å². The number of aromatic hydroxyl groups is 1. The van der Waals surface area contributed by atoms with Crippen LogP contribution in [0, 0.1) is 13.8 Å². The van der Waals surface area contributed by atoms with Crippen molar-refractivity contribution in [2.24, 2.45) is 7.05 Å². The van der Waals surface area contributed by atoms with Crippen molar-refractivity contribution < 1.29 is 59.4 Å². The van der Waals surface area contributed by atoms with Gasteiger partial charge in [0.05, 0.1) is 55.5 Å². The van der Waals surface area contributed by atoms with E-state index in [1.807, 2.05) is 75.4 Å². The predicted molar refractivity (Wildman–Crippen MR) is 355 cm³/mol. The van der Waals surface area contributed by atoms with Crippen molar-refractivity contribution in [1.82, 2.24) is 9.88 Å². The van der Waals surface area contributed by atoms with Crippen LogP contribution in [0.5, 0.6) is 5.75 Å². The van der Waals surface area contributed by atoms with Crippen LogP contribution in [0.25, 0.3) is 32.4 Å². The lowest BCUT2D eigenvalue weighted by Crippen LogP contribution is -2.38. The summed E-state index contributed by atoms with van der Waals surface area (Å²) in [4.78, 5) is 44.0. The second-order valence-corrected chi connectivity index (χ2v) is 26.7. The molecule has 0 saturated heterocycles. The number of likely N-dealkylation sites (N-methyl/N-ethyl adjacent to an activating group) is 1. The lowest BCUT2D eigenvalue weighted by molar-refractivity contribution is -0.438. The van der Waals surface area contributed by atoms with Gasteiger partial charge >= 0.3 is 0 Å². The lowest BCUT2D eigenvalue weighted by atomic mass is 9.78. The summed E-state index contributed by atoms with van der Waals surface area (Å²) < 4.78 is 91.4. The molecular formula is C70H82N5O13S2+. The molecule has 0 aliphatic carbocycles. The minimum atomic E-state index is -4.50. The number of hydrogen-bond donors (Lipinski definition) is 4. The van der Waals surface area contributed by atoms with Gasteiger partial charge < -0.3 is 39.0 Å². The van der Waals surface area contributed by atoms with Crippen molar-refractivity contribution in [3.05, 3.63) is 177 Å². The number of carbonyl (C=O) groups excluding carboxylic acids is 2. The van der Waals surface area contributed by atoms with Crippen LogP contribution in [0.4, 0.5) is 17.1 Å².